The van der Waals surface area contributed by atoms with Gasteiger partial charge in [0.05, 0.1) is 11.1 Å². The van der Waals surface area contributed by atoms with E-state index in [1.807, 2.05) is 45.9 Å². The summed E-state index contributed by atoms with van der Waals surface area (Å²) in [5.74, 6) is 0.213. The lowest BCUT2D eigenvalue weighted by Gasteiger charge is -2.15. The molecule has 0 bridgehead atoms. The van der Waals surface area contributed by atoms with Gasteiger partial charge in [0.25, 0.3) is 5.56 Å². The number of nitrogens with one attached hydrogen (secondary N) is 1. The summed E-state index contributed by atoms with van der Waals surface area (Å²) >= 11 is 2.87. The number of thioether (sulfide) groups is 1. The highest BCUT2D eigenvalue weighted by atomic mass is 32.2. The van der Waals surface area contributed by atoms with E-state index in [-0.39, 0.29) is 23.3 Å². The topological polar surface area (TPSA) is 64.0 Å². The van der Waals surface area contributed by atoms with Gasteiger partial charge < -0.3 is 5.32 Å². The second kappa shape index (κ2) is 9.59. The van der Waals surface area contributed by atoms with Gasteiger partial charge in [-0.2, -0.15) is 0 Å². The van der Waals surface area contributed by atoms with Gasteiger partial charge in [0.1, 0.15) is 4.83 Å². The molecule has 0 aliphatic carbocycles. The van der Waals surface area contributed by atoms with E-state index in [0.29, 0.717) is 17.1 Å². The Bertz CT molecular complexity index is 1060. The maximum Gasteiger partial charge on any atom is 0.263 e. The second-order valence-corrected chi connectivity index (χ2v) is 9.50. The average Bonchev–Trinajstić information content (AvgIpc) is 2.98. The van der Waals surface area contributed by atoms with Crippen molar-refractivity contribution in [2.75, 3.05) is 12.3 Å². The molecule has 1 aromatic carbocycles. The lowest BCUT2D eigenvalue weighted by molar-refractivity contribution is -0.118. The average molecular weight is 430 g/mol. The van der Waals surface area contributed by atoms with Crippen LogP contribution < -0.4 is 10.9 Å². The molecule has 1 amide bonds. The van der Waals surface area contributed by atoms with Crippen LogP contribution in [0.25, 0.3) is 10.2 Å². The summed E-state index contributed by atoms with van der Waals surface area (Å²) < 4.78 is 1.70. The highest BCUT2D eigenvalue weighted by Crippen LogP contribution is 2.29. The minimum absolute atomic E-state index is 0.0161. The number of fused-ring (bicyclic) bond motifs is 1. The Morgan fingerprint density at radius 3 is 2.66 bits per heavy atom. The molecule has 0 unspecified atom stereocenters. The number of rotatable bonds is 8. The summed E-state index contributed by atoms with van der Waals surface area (Å²) in [6, 6.07) is 10.2. The number of hydrogen-bond donors (Lipinski definition) is 1. The van der Waals surface area contributed by atoms with Crippen LogP contribution in [-0.2, 0) is 11.2 Å². The molecule has 154 valence electrons. The monoisotopic (exact) mass is 429 g/mol. The van der Waals surface area contributed by atoms with Crippen LogP contribution in [0, 0.1) is 13.8 Å². The van der Waals surface area contributed by atoms with Gasteiger partial charge in [-0.15, -0.1) is 11.3 Å². The van der Waals surface area contributed by atoms with Crippen LogP contribution in [0.4, 0.5) is 0 Å². The molecule has 2 aromatic heterocycles. The van der Waals surface area contributed by atoms with Crippen molar-refractivity contribution in [2.45, 2.75) is 51.7 Å². The van der Waals surface area contributed by atoms with Gasteiger partial charge in [0.15, 0.2) is 5.16 Å². The van der Waals surface area contributed by atoms with Gasteiger partial charge in [-0.1, -0.05) is 42.1 Å². The fourth-order valence-electron chi connectivity index (χ4n) is 3.19. The van der Waals surface area contributed by atoms with Gasteiger partial charge in [-0.05, 0) is 51.7 Å². The van der Waals surface area contributed by atoms with Gasteiger partial charge >= 0.3 is 0 Å². The fraction of sp³-hybridized carbons (Fsp3) is 0.409. The number of nitrogens with zero attached hydrogens (tertiary/aromatic N) is 2. The molecule has 0 aliphatic rings. The Kier molecular flexibility index (Phi) is 7.14. The number of hydrogen-bond acceptors (Lipinski definition) is 5. The first-order valence-corrected chi connectivity index (χ1v) is 11.6. The van der Waals surface area contributed by atoms with Crippen molar-refractivity contribution >= 4 is 39.2 Å². The molecule has 3 aromatic rings. The van der Waals surface area contributed by atoms with Gasteiger partial charge in [0.2, 0.25) is 5.91 Å². The maximum absolute atomic E-state index is 13.0. The van der Waals surface area contributed by atoms with Crippen molar-refractivity contribution in [3.63, 3.8) is 0 Å². The van der Waals surface area contributed by atoms with E-state index in [1.165, 1.54) is 28.7 Å². The number of aryl methyl sites for hydroxylation is 3. The molecule has 0 spiro atoms. The smallest absolute Gasteiger partial charge is 0.263 e. The van der Waals surface area contributed by atoms with Crippen molar-refractivity contribution in [3.05, 3.63) is 56.7 Å². The standard InChI is InChI=1S/C22H27N3O2S2/c1-14(2)25-21(27)19-15(3)16(4)29-20(19)24-22(25)28-13-18(26)23-12-8-11-17-9-6-5-7-10-17/h5-7,9-10,14H,8,11-13H2,1-4H3,(H,23,26). The van der Waals surface area contributed by atoms with E-state index >= 15 is 0 Å². The second-order valence-electron chi connectivity index (χ2n) is 7.35. The quantitative estimate of drug-likeness (QED) is 0.325. The van der Waals surface area contributed by atoms with Crippen LogP contribution in [0.1, 0.15) is 42.3 Å². The molecule has 1 N–H and O–H groups in total. The number of carbonyl (C=O) groups excluding carboxylic acids is 1. The maximum atomic E-state index is 13.0. The third-order valence-electron chi connectivity index (χ3n) is 4.86. The lowest BCUT2D eigenvalue weighted by atomic mass is 10.1. The van der Waals surface area contributed by atoms with E-state index < -0.39 is 0 Å². The van der Waals surface area contributed by atoms with Crippen molar-refractivity contribution < 1.29 is 4.79 Å². The zero-order valence-corrected chi connectivity index (χ0v) is 19.0. The minimum Gasteiger partial charge on any atom is -0.355 e. The molecular weight excluding hydrogens is 402 g/mol. The van der Waals surface area contributed by atoms with Crippen molar-refractivity contribution in [1.29, 1.82) is 0 Å². The Labute approximate surface area is 179 Å². The number of benzene rings is 1. The van der Waals surface area contributed by atoms with Crippen LogP contribution >= 0.6 is 23.1 Å². The zero-order chi connectivity index (χ0) is 21.0. The molecular formula is C22H27N3O2S2. The van der Waals surface area contributed by atoms with Crippen LogP contribution in [0.5, 0.6) is 0 Å². The van der Waals surface area contributed by atoms with E-state index in [1.54, 1.807) is 4.57 Å². The minimum atomic E-state index is -0.0359. The normalized spacial score (nSPS) is 11.3. The first-order valence-electron chi connectivity index (χ1n) is 9.84. The van der Waals surface area contributed by atoms with Crippen molar-refractivity contribution in [1.82, 2.24) is 14.9 Å². The molecule has 0 radical (unpaired) electrons. The lowest BCUT2D eigenvalue weighted by Crippen LogP contribution is -2.28. The fourth-order valence-corrected chi connectivity index (χ4v) is 5.22. The van der Waals surface area contributed by atoms with Gasteiger partial charge in [-0.25, -0.2) is 4.98 Å². The molecule has 0 fully saturated rings. The summed E-state index contributed by atoms with van der Waals surface area (Å²) in [4.78, 5) is 31.9. The molecule has 29 heavy (non-hydrogen) atoms. The van der Waals surface area contributed by atoms with Crippen molar-refractivity contribution in [3.8, 4) is 0 Å². The summed E-state index contributed by atoms with van der Waals surface area (Å²) in [6.45, 7) is 8.56. The summed E-state index contributed by atoms with van der Waals surface area (Å²) in [6.07, 6.45) is 1.84. The predicted molar refractivity (Wildman–Crippen MR) is 122 cm³/mol. The van der Waals surface area contributed by atoms with Crippen LogP contribution in [0.2, 0.25) is 0 Å². The van der Waals surface area contributed by atoms with Gasteiger partial charge in [0, 0.05) is 17.5 Å². The molecule has 7 heteroatoms. The Morgan fingerprint density at radius 2 is 1.97 bits per heavy atom. The first kappa shape index (κ1) is 21.6. The largest absolute Gasteiger partial charge is 0.355 e. The number of amides is 1. The summed E-state index contributed by atoms with van der Waals surface area (Å²) in [7, 11) is 0. The number of aromatic nitrogens is 2. The van der Waals surface area contributed by atoms with Crippen LogP contribution in [-0.4, -0.2) is 27.8 Å². The summed E-state index contributed by atoms with van der Waals surface area (Å²) in [5.41, 5.74) is 2.26. The zero-order valence-electron chi connectivity index (χ0n) is 17.3. The van der Waals surface area contributed by atoms with E-state index in [2.05, 4.69) is 17.4 Å². The molecule has 0 saturated heterocycles. The van der Waals surface area contributed by atoms with Crippen LogP contribution in [0.3, 0.4) is 0 Å². The highest BCUT2D eigenvalue weighted by molar-refractivity contribution is 7.99. The molecule has 0 saturated carbocycles. The Morgan fingerprint density at radius 1 is 1.24 bits per heavy atom. The first-order chi connectivity index (χ1) is 13.9. The molecule has 0 atom stereocenters. The third-order valence-corrected chi connectivity index (χ3v) is 6.91. The SMILES string of the molecule is Cc1sc2nc(SCC(=O)NCCCc3ccccc3)n(C(C)C)c(=O)c2c1C. The molecule has 5 nitrogen and oxygen atoms in total. The van der Waals surface area contributed by atoms with Gasteiger partial charge in [-0.3, -0.25) is 14.2 Å². The Hall–Kier alpha value is -2.12. The summed E-state index contributed by atoms with van der Waals surface area (Å²) in [5, 5.41) is 4.28. The predicted octanol–water partition coefficient (Wildman–Crippen LogP) is 4.50. The molecule has 0 aliphatic heterocycles. The Balaban J connectivity index is 1.63. The van der Waals surface area contributed by atoms with E-state index in [9.17, 15) is 9.59 Å². The third kappa shape index (κ3) is 5.08. The van der Waals surface area contributed by atoms with E-state index in [0.717, 1.165) is 28.1 Å². The highest BCUT2D eigenvalue weighted by Gasteiger charge is 2.19. The van der Waals surface area contributed by atoms with E-state index in [4.69, 9.17) is 4.98 Å². The molecule has 3 rings (SSSR count). The molecule has 2 heterocycles. The number of thiophene rings is 1. The van der Waals surface area contributed by atoms with Crippen LogP contribution in [0.15, 0.2) is 40.3 Å². The van der Waals surface area contributed by atoms with Crippen molar-refractivity contribution in [2.24, 2.45) is 0 Å². The number of carbonyl (C=O) groups is 1.